The minimum atomic E-state index is -0.651. The highest BCUT2D eigenvalue weighted by molar-refractivity contribution is 5.71. The molecule has 0 bridgehead atoms. The summed E-state index contributed by atoms with van der Waals surface area (Å²) in [5.74, 6) is 1.93. The lowest BCUT2D eigenvalue weighted by atomic mass is 9.67. The summed E-state index contributed by atoms with van der Waals surface area (Å²) in [6.07, 6.45) is 14.0. The van der Waals surface area contributed by atoms with E-state index in [1.165, 1.54) is 19.3 Å². The fourth-order valence-electron chi connectivity index (χ4n) is 7.40. The van der Waals surface area contributed by atoms with Gasteiger partial charge in [-0.15, -0.1) is 0 Å². The van der Waals surface area contributed by atoms with Crippen molar-refractivity contribution in [1.29, 1.82) is 0 Å². The lowest BCUT2D eigenvalue weighted by Gasteiger charge is -2.46. The molecule has 0 aromatic carbocycles. The molecule has 3 unspecified atom stereocenters. The summed E-state index contributed by atoms with van der Waals surface area (Å²) in [7, 11) is 0. The van der Waals surface area contributed by atoms with Crippen LogP contribution < -0.4 is 9.80 Å². The lowest BCUT2D eigenvalue weighted by Crippen LogP contribution is -2.55. The molecule has 1 N–H and O–H groups in total. The molecule has 2 saturated carbocycles. The first-order chi connectivity index (χ1) is 16.6. The zero-order valence-electron chi connectivity index (χ0n) is 20.3. The van der Waals surface area contributed by atoms with Crippen LogP contribution in [0.25, 0.3) is 0 Å². The third-order valence-electron chi connectivity index (χ3n) is 9.20. The predicted octanol–water partition coefficient (Wildman–Crippen LogP) is 3.73. The molecule has 5 aliphatic rings. The normalized spacial score (nSPS) is 32.1. The zero-order chi connectivity index (χ0) is 23.1. The van der Waals surface area contributed by atoms with E-state index in [1.54, 1.807) is 0 Å². The molecule has 3 atom stereocenters. The van der Waals surface area contributed by atoms with Gasteiger partial charge in [-0.05, 0) is 57.4 Å². The summed E-state index contributed by atoms with van der Waals surface area (Å²) in [6, 6.07) is 2.34. The molecule has 1 aromatic rings. The number of hydrogen-bond acceptors (Lipinski definition) is 7. The molecule has 186 valence electrons. The third-order valence-corrected chi connectivity index (χ3v) is 9.20. The molecular weight excluding hydrogens is 430 g/mol. The van der Waals surface area contributed by atoms with Gasteiger partial charge in [0.1, 0.15) is 11.9 Å². The summed E-state index contributed by atoms with van der Waals surface area (Å²) in [6.45, 7) is 3.86. The maximum absolute atomic E-state index is 13.1. The van der Waals surface area contributed by atoms with E-state index in [-0.39, 0.29) is 30.2 Å². The van der Waals surface area contributed by atoms with Crippen LogP contribution in [0.15, 0.2) is 12.3 Å². The van der Waals surface area contributed by atoms with Crippen molar-refractivity contribution in [2.45, 2.75) is 101 Å². The van der Waals surface area contributed by atoms with E-state index in [0.717, 1.165) is 95.7 Å². The van der Waals surface area contributed by atoms with Gasteiger partial charge in [0, 0.05) is 44.3 Å². The minimum absolute atomic E-state index is 0.0885. The fourth-order valence-corrected chi connectivity index (χ4v) is 7.40. The fraction of sp³-hybridized carbons (Fsp3) is 0.808. The highest BCUT2D eigenvalue weighted by atomic mass is 16.6. The van der Waals surface area contributed by atoms with Crippen LogP contribution in [0.2, 0.25) is 0 Å². The van der Waals surface area contributed by atoms with E-state index in [9.17, 15) is 9.90 Å². The Morgan fingerprint density at radius 2 is 1.68 bits per heavy atom. The molecule has 8 nitrogen and oxygen atoms in total. The van der Waals surface area contributed by atoms with Gasteiger partial charge in [0.05, 0.1) is 11.6 Å². The molecule has 34 heavy (non-hydrogen) atoms. The van der Waals surface area contributed by atoms with E-state index < -0.39 is 5.60 Å². The highest BCUT2D eigenvalue weighted by Gasteiger charge is 2.55. The monoisotopic (exact) mass is 469 g/mol. The summed E-state index contributed by atoms with van der Waals surface area (Å²) in [4.78, 5) is 29.1. The Morgan fingerprint density at radius 3 is 2.44 bits per heavy atom. The van der Waals surface area contributed by atoms with Gasteiger partial charge in [-0.1, -0.05) is 25.7 Å². The first-order valence-electron chi connectivity index (χ1n) is 13.7. The second kappa shape index (κ2) is 9.17. The number of fused-ring (bicyclic) bond motifs is 1. The molecule has 2 aliphatic carbocycles. The lowest BCUT2D eigenvalue weighted by molar-refractivity contribution is -0.106. The SMILES string of the molecule is O=C1OC2C(CCCC2C2(O)CCCCC2)N1C1CCN(c2ccnc(N3CCCC3)n2)CC1. The van der Waals surface area contributed by atoms with Crippen molar-refractivity contribution in [3.8, 4) is 0 Å². The van der Waals surface area contributed by atoms with E-state index >= 15 is 0 Å². The van der Waals surface area contributed by atoms with Crippen LogP contribution in [-0.4, -0.2) is 76.0 Å². The average Bonchev–Trinajstić information content (AvgIpc) is 3.52. The summed E-state index contributed by atoms with van der Waals surface area (Å²) < 4.78 is 6.03. The van der Waals surface area contributed by atoms with Crippen molar-refractivity contribution < 1.29 is 14.6 Å². The number of carbonyl (C=O) groups is 1. The van der Waals surface area contributed by atoms with Gasteiger partial charge in [-0.3, -0.25) is 4.90 Å². The van der Waals surface area contributed by atoms with Crippen LogP contribution in [0.4, 0.5) is 16.6 Å². The molecule has 1 amide bonds. The molecule has 8 heteroatoms. The maximum atomic E-state index is 13.1. The second-order valence-corrected chi connectivity index (χ2v) is 11.2. The average molecular weight is 470 g/mol. The Labute approximate surface area is 202 Å². The quantitative estimate of drug-likeness (QED) is 0.719. The smallest absolute Gasteiger partial charge is 0.410 e. The Kier molecular flexibility index (Phi) is 6.04. The minimum Gasteiger partial charge on any atom is -0.443 e. The summed E-state index contributed by atoms with van der Waals surface area (Å²) >= 11 is 0. The summed E-state index contributed by atoms with van der Waals surface area (Å²) in [5.41, 5.74) is -0.651. The number of rotatable bonds is 4. The van der Waals surface area contributed by atoms with Crippen molar-refractivity contribution >= 4 is 17.9 Å². The van der Waals surface area contributed by atoms with Crippen LogP contribution in [0.5, 0.6) is 0 Å². The first kappa shape index (κ1) is 22.4. The van der Waals surface area contributed by atoms with Crippen molar-refractivity contribution in [2.24, 2.45) is 5.92 Å². The molecule has 0 radical (unpaired) electrons. The number of hydrogen-bond donors (Lipinski definition) is 1. The van der Waals surface area contributed by atoms with Crippen LogP contribution in [0.3, 0.4) is 0 Å². The van der Waals surface area contributed by atoms with Crippen molar-refractivity contribution in [1.82, 2.24) is 14.9 Å². The predicted molar refractivity (Wildman–Crippen MR) is 130 cm³/mol. The van der Waals surface area contributed by atoms with Gasteiger partial charge in [0.15, 0.2) is 0 Å². The van der Waals surface area contributed by atoms with Gasteiger partial charge in [-0.25, -0.2) is 9.78 Å². The molecule has 1 aromatic heterocycles. The van der Waals surface area contributed by atoms with Crippen LogP contribution in [0.1, 0.15) is 77.0 Å². The zero-order valence-corrected chi connectivity index (χ0v) is 20.3. The Morgan fingerprint density at radius 1 is 0.912 bits per heavy atom. The Hall–Kier alpha value is -2.09. The van der Waals surface area contributed by atoms with Gasteiger partial charge >= 0.3 is 6.09 Å². The molecule has 3 aliphatic heterocycles. The number of piperidine rings is 1. The van der Waals surface area contributed by atoms with Gasteiger partial charge in [-0.2, -0.15) is 4.98 Å². The van der Waals surface area contributed by atoms with Gasteiger partial charge < -0.3 is 19.6 Å². The molecule has 4 heterocycles. The van der Waals surface area contributed by atoms with Gasteiger partial charge in [0.2, 0.25) is 5.95 Å². The topological polar surface area (TPSA) is 82.0 Å². The number of aromatic nitrogens is 2. The van der Waals surface area contributed by atoms with E-state index in [1.807, 2.05) is 12.3 Å². The molecule has 6 rings (SSSR count). The molecule has 3 saturated heterocycles. The number of aliphatic hydroxyl groups is 1. The van der Waals surface area contributed by atoms with Gasteiger partial charge in [0.25, 0.3) is 0 Å². The summed E-state index contributed by atoms with van der Waals surface area (Å²) in [5, 5.41) is 11.5. The van der Waals surface area contributed by atoms with Crippen molar-refractivity contribution in [2.75, 3.05) is 36.0 Å². The number of nitrogens with zero attached hydrogens (tertiary/aromatic N) is 5. The number of anilines is 2. The molecule has 0 spiro atoms. The van der Waals surface area contributed by atoms with Crippen LogP contribution in [-0.2, 0) is 4.74 Å². The third kappa shape index (κ3) is 4.01. The Bertz CT molecular complexity index is 877. The first-order valence-corrected chi connectivity index (χ1v) is 13.7. The number of amides is 1. The van der Waals surface area contributed by atoms with E-state index in [2.05, 4.69) is 19.7 Å². The standard InChI is InChI=1S/C26H39N5O3/c32-25-31(21-8-6-7-20(23(21)34-25)26(33)12-2-1-3-13-26)19-10-17-29(18-11-19)22-9-14-27-24(28-22)30-15-4-5-16-30/h9,14,19-21,23,33H,1-8,10-13,15-18H2. The van der Waals surface area contributed by atoms with Crippen LogP contribution in [0, 0.1) is 5.92 Å². The van der Waals surface area contributed by atoms with Crippen LogP contribution >= 0.6 is 0 Å². The highest BCUT2D eigenvalue weighted by Crippen LogP contribution is 2.47. The van der Waals surface area contributed by atoms with E-state index in [4.69, 9.17) is 9.72 Å². The second-order valence-electron chi connectivity index (χ2n) is 11.2. The largest absolute Gasteiger partial charge is 0.443 e. The van der Waals surface area contributed by atoms with Crippen molar-refractivity contribution in [3.63, 3.8) is 0 Å². The number of ether oxygens (including phenoxy) is 1. The van der Waals surface area contributed by atoms with Crippen molar-refractivity contribution in [3.05, 3.63) is 12.3 Å². The number of carbonyl (C=O) groups excluding carboxylic acids is 1. The maximum Gasteiger partial charge on any atom is 0.410 e. The molecule has 5 fully saturated rings. The molecular formula is C26H39N5O3. The Balaban J connectivity index is 1.12. The van der Waals surface area contributed by atoms with E-state index in [0.29, 0.717) is 0 Å².